The molecule has 0 radical (unpaired) electrons. The van der Waals surface area contributed by atoms with Crippen LogP contribution in [0.3, 0.4) is 0 Å². The van der Waals surface area contributed by atoms with Gasteiger partial charge in [0.15, 0.2) is 0 Å². The number of urea groups is 1. The van der Waals surface area contributed by atoms with Crippen LogP contribution in [0.1, 0.15) is 38.8 Å². The van der Waals surface area contributed by atoms with E-state index < -0.39 is 23.0 Å². The molecule has 8 heteroatoms. The molecule has 2 N–H and O–H groups in total. The predicted octanol–water partition coefficient (Wildman–Crippen LogP) is 2.56. The molecule has 24 heavy (non-hydrogen) atoms. The number of nitrogens with zero attached hydrogens (tertiary/aromatic N) is 1. The first-order valence-corrected chi connectivity index (χ1v) is 7.57. The quantitative estimate of drug-likeness (QED) is 0.489. The zero-order valence-electron chi connectivity index (χ0n) is 13.7. The normalized spacial score (nSPS) is 18.5. The number of esters is 1. The molecule has 0 aliphatic carbocycles. The van der Waals surface area contributed by atoms with Crippen LogP contribution in [0.2, 0.25) is 0 Å². The van der Waals surface area contributed by atoms with Gasteiger partial charge in [-0.15, -0.1) is 0 Å². The SMILES string of the molecule is CC[C@@H](C)OC(=O)C1=C(C)NC(=O)N[C@@H]1c1cccc([N+](=O)[O-])c1. The molecule has 0 aromatic heterocycles. The number of carbonyl (C=O) groups is 2. The third kappa shape index (κ3) is 3.70. The van der Waals surface area contributed by atoms with Gasteiger partial charge in [0, 0.05) is 17.8 Å². The van der Waals surface area contributed by atoms with Crippen molar-refractivity contribution in [3.8, 4) is 0 Å². The van der Waals surface area contributed by atoms with Gasteiger partial charge in [-0.25, -0.2) is 9.59 Å². The van der Waals surface area contributed by atoms with Gasteiger partial charge in [-0.05, 0) is 25.8 Å². The Hall–Kier alpha value is -2.90. The van der Waals surface area contributed by atoms with E-state index in [0.717, 1.165) is 0 Å². The number of ether oxygens (including phenoxy) is 1. The first-order valence-electron chi connectivity index (χ1n) is 7.57. The van der Waals surface area contributed by atoms with Gasteiger partial charge in [-0.1, -0.05) is 19.1 Å². The van der Waals surface area contributed by atoms with E-state index in [1.54, 1.807) is 19.9 Å². The van der Waals surface area contributed by atoms with E-state index in [1.165, 1.54) is 18.2 Å². The first kappa shape index (κ1) is 17.5. The Morgan fingerprint density at radius 1 is 1.46 bits per heavy atom. The summed E-state index contributed by atoms with van der Waals surface area (Å²) in [6.07, 6.45) is 0.375. The van der Waals surface area contributed by atoms with Crippen LogP contribution in [-0.2, 0) is 9.53 Å². The van der Waals surface area contributed by atoms with Crippen molar-refractivity contribution in [1.29, 1.82) is 0 Å². The minimum Gasteiger partial charge on any atom is -0.459 e. The molecule has 0 spiro atoms. The molecule has 2 rings (SSSR count). The van der Waals surface area contributed by atoms with Gasteiger partial charge in [-0.3, -0.25) is 10.1 Å². The lowest BCUT2D eigenvalue weighted by molar-refractivity contribution is -0.384. The minimum atomic E-state index is -0.810. The first-order chi connectivity index (χ1) is 11.3. The second kappa shape index (κ2) is 7.12. The average Bonchev–Trinajstić information content (AvgIpc) is 2.53. The number of nitro benzene ring substituents is 1. The molecule has 1 aliphatic rings. The van der Waals surface area contributed by atoms with E-state index in [1.807, 2.05) is 6.92 Å². The maximum absolute atomic E-state index is 12.5. The van der Waals surface area contributed by atoms with E-state index in [2.05, 4.69) is 10.6 Å². The van der Waals surface area contributed by atoms with Crippen molar-refractivity contribution < 1.29 is 19.2 Å². The van der Waals surface area contributed by atoms with Gasteiger partial charge in [-0.2, -0.15) is 0 Å². The molecule has 8 nitrogen and oxygen atoms in total. The van der Waals surface area contributed by atoms with Crippen LogP contribution < -0.4 is 10.6 Å². The van der Waals surface area contributed by atoms with Crippen molar-refractivity contribution in [3.05, 3.63) is 51.2 Å². The number of nitro groups is 1. The van der Waals surface area contributed by atoms with Crippen LogP contribution in [0.5, 0.6) is 0 Å². The summed E-state index contributed by atoms with van der Waals surface area (Å²) in [6.45, 7) is 5.25. The fourth-order valence-electron chi connectivity index (χ4n) is 2.36. The molecular weight excluding hydrogens is 314 g/mol. The highest BCUT2D eigenvalue weighted by molar-refractivity contribution is 5.95. The Balaban J connectivity index is 2.43. The second-order valence-corrected chi connectivity index (χ2v) is 5.55. The summed E-state index contributed by atoms with van der Waals surface area (Å²) in [5, 5.41) is 16.1. The van der Waals surface area contributed by atoms with Crippen molar-refractivity contribution >= 4 is 17.7 Å². The van der Waals surface area contributed by atoms with Gasteiger partial charge in [0.2, 0.25) is 0 Å². The van der Waals surface area contributed by atoms with Crippen molar-refractivity contribution in [3.63, 3.8) is 0 Å². The molecule has 128 valence electrons. The molecule has 0 saturated carbocycles. The van der Waals surface area contributed by atoms with Crippen LogP contribution in [-0.4, -0.2) is 23.0 Å². The third-order valence-electron chi connectivity index (χ3n) is 3.79. The second-order valence-electron chi connectivity index (χ2n) is 5.55. The number of allylic oxidation sites excluding steroid dienone is 1. The average molecular weight is 333 g/mol. The molecule has 0 saturated heterocycles. The van der Waals surface area contributed by atoms with Crippen LogP contribution in [0, 0.1) is 10.1 Å². The van der Waals surface area contributed by atoms with Crippen LogP contribution in [0.4, 0.5) is 10.5 Å². The molecule has 1 aromatic rings. The fourth-order valence-corrected chi connectivity index (χ4v) is 2.36. The highest BCUT2D eigenvalue weighted by Crippen LogP contribution is 2.29. The van der Waals surface area contributed by atoms with Gasteiger partial charge >= 0.3 is 12.0 Å². The molecule has 0 fully saturated rings. The van der Waals surface area contributed by atoms with E-state index in [4.69, 9.17) is 4.74 Å². The lowest BCUT2D eigenvalue weighted by Crippen LogP contribution is -2.45. The maximum Gasteiger partial charge on any atom is 0.338 e. The van der Waals surface area contributed by atoms with Crippen LogP contribution in [0.15, 0.2) is 35.5 Å². The van der Waals surface area contributed by atoms with Crippen molar-refractivity contribution in [1.82, 2.24) is 10.6 Å². The summed E-state index contributed by atoms with van der Waals surface area (Å²) < 4.78 is 5.35. The highest BCUT2D eigenvalue weighted by Gasteiger charge is 2.33. The summed E-state index contributed by atoms with van der Waals surface area (Å²) in [5.74, 6) is -0.564. The summed E-state index contributed by atoms with van der Waals surface area (Å²) in [5.41, 5.74) is 0.918. The number of benzene rings is 1. The maximum atomic E-state index is 12.5. The van der Waals surface area contributed by atoms with Crippen molar-refractivity contribution in [2.75, 3.05) is 0 Å². The molecule has 1 aliphatic heterocycles. The summed E-state index contributed by atoms with van der Waals surface area (Å²) in [7, 11) is 0. The van der Waals surface area contributed by atoms with E-state index in [0.29, 0.717) is 17.7 Å². The highest BCUT2D eigenvalue weighted by atomic mass is 16.6. The van der Waals surface area contributed by atoms with Crippen molar-refractivity contribution in [2.45, 2.75) is 39.3 Å². The summed E-state index contributed by atoms with van der Waals surface area (Å²) in [4.78, 5) is 34.7. The monoisotopic (exact) mass is 333 g/mol. The van der Waals surface area contributed by atoms with E-state index >= 15 is 0 Å². The van der Waals surface area contributed by atoms with Gasteiger partial charge in [0.1, 0.15) is 0 Å². The molecule has 1 aromatic carbocycles. The molecular formula is C16H19N3O5. The zero-order valence-corrected chi connectivity index (χ0v) is 13.7. The molecule has 1 heterocycles. The van der Waals surface area contributed by atoms with Crippen LogP contribution in [0.25, 0.3) is 0 Å². The number of non-ortho nitro benzene ring substituents is 1. The number of rotatable bonds is 5. The predicted molar refractivity (Wildman–Crippen MR) is 86.0 cm³/mol. The summed E-state index contributed by atoms with van der Waals surface area (Å²) in [6, 6.07) is 4.52. The largest absolute Gasteiger partial charge is 0.459 e. The fraction of sp³-hybridized carbons (Fsp3) is 0.375. The number of nitrogens with one attached hydrogen (secondary N) is 2. The van der Waals surface area contributed by atoms with Crippen molar-refractivity contribution in [2.24, 2.45) is 0 Å². The van der Waals surface area contributed by atoms with Gasteiger partial charge in [0.25, 0.3) is 5.69 Å². The van der Waals surface area contributed by atoms with E-state index in [-0.39, 0.29) is 17.4 Å². The van der Waals surface area contributed by atoms with Crippen LogP contribution >= 0.6 is 0 Å². The number of hydrogen-bond acceptors (Lipinski definition) is 5. The summed E-state index contributed by atoms with van der Waals surface area (Å²) >= 11 is 0. The molecule has 0 bridgehead atoms. The number of hydrogen-bond donors (Lipinski definition) is 2. The Morgan fingerprint density at radius 3 is 2.79 bits per heavy atom. The smallest absolute Gasteiger partial charge is 0.338 e. The molecule has 2 amide bonds. The lowest BCUT2D eigenvalue weighted by Gasteiger charge is -2.28. The Kier molecular flexibility index (Phi) is 5.18. The number of amides is 2. The standard InChI is InChI=1S/C16H19N3O5/c1-4-9(2)24-15(20)13-10(3)17-16(21)18-14(13)11-6-5-7-12(8-11)19(22)23/h5-9,14H,4H2,1-3H3,(H2,17,18,21)/t9-,14-/m1/s1. The van der Waals surface area contributed by atoms with E-state index in [9.17, 15) is 19.7 Å². The minimum absolute atomic E-state index is 0.118. The molecule has 0 unspecified atom stereocenters. The Labute approximate surface area is 139 Å². The number of carbonyl (C=O) groups excluding carboxylic acids is 2. The van der Waals surface area contributed by atoms with Gasteiger partial charge in [0.05, 0.1) is 22.6 Å². The topological polar surface area (TPSA) is 111 Å². The Morgan fingerprint density at radius 2 is 2.17 bits per heavy atom. The lowest BCUT2D eigenvalue weighted by atomic mass is 9.95. The zero-order chi connectivity index (χ0) is 17.9. The Bertz CT molecular complexity index is 713. The third-order valence-corrected chi connectivity index (χ3v) is 3.79. The molecule has 2 atom stereocenters. The van der Waals surface area contributed by atoms with Gasteiger partial charge < -0.3 is 15.4 Å².